The Kier molecular flexibility index (Phi) is 4.85. The van der Waals surface area contributed by atoms with Gasteiger partial charge in [-0.1, -0.05) is 23.4 Å². The van der Waals surface area contributed by atoms with Gasteiger partial charge in [-0.15, -0.1) is 5.10 Å². The minimum absolute atomic E-state index is 0.134. The van der Waals surface area contributed by atoms with Crippen molar-refractivity contribution >= 4 is 17.5 Å². The summed E-state index contributed by atoms with van der Waals surface area (Å²) < 4.78 is 1.54. The monoisotopic (exact) mass is 325 g/mol. The number of hydrogen-bond donors (Lipinski definition) is 3. The number of anilines is 2. The topological polar surface area (TPSA) is 115 Å². The van der Waals surface area contributed by atoms with Gasteiger partial charge in [-0.25, -0.2) is 9.67 Å². The van der Waals surface area contributed by atoms with Crippen LogP contribution in [0.3, 0.4) is 0 Å². The molecule has 8 heteroatoms. The molecule has 1 amide bonds. The molecule has 0 atom stereocenters. The summed E-state index contributed by atoms with van der Waals surface area (Å²) in [5.41, 5.74) is 8.16. The molecule has 0 saturated carbocycles. The zero-order chi connectivity index (χ0) is 16.8. The number of imidazole rings is 1. The third-order valence-electron chi connectivity index (χ3n) is 3.48. The molecule has 3 rings (SSSR count). The molecule has 3 aromatic rings. The van der Waals surface area contributed by atoms with E-state index in [0.29, 0.717) is 5.95 Å². The molecule has 0 aliphatic rings. The van der Waals surface area contributed by atoms with E-state index >= 15 is 0 Å². The van der Waals surface area contributed by atoms with Crippen LogP contribution >= 0.6 is 0 Å². The zero-order valence-electron chi connectivity index (χ0n) is 13.1. The summed E-state index contributed by atoms with van der Waals surface area (Å²) in [5.74, 6) is 0.297. The van der Waals surface area contributed by atoms with E-state index in [1.165, 1.54) is 0 Å². The molecule has 4 N–H and O–H groups in total. The third kappa shape index (κ3) is 4.42. The Labute approximate surface area is 139 Å². The Morgan fingerprint density at radius 3 is 2.83 bits per heavy atom. The van der Waals surface area contributed by atoms with Gasteiger partial charge in [0.1, 0.15) is 6.54 Å². The van der Waals surface area contributed by atoms with Gasteiger partial charge in [0.05, 0.1) is 11.9 Å². The van der Waals surface area contributed by atoms with Crippen molar-refractivity contribution in [3.05, 3.63) is 54.1 Å². The Hall–Kier alpha value is -3.16. The number of aromatic amines is 1. The van der Waals surface area contributed by atoms with E-state index in [4.69, 9.17) is 5.73 Å². The number of nitrogens with two attached hydrogens (primary N) is 1. The lowest BCUT2D eigenvalue weighted by Crippen LogP contribution is -2.19. The fourth-order valence-electron chi connectivity index (χ4n) is 2.36. The summed E-state index contributed by atoms with van der Waals surface area (Å²) in [4.78, 5) is 18.9. The van der Waals surface area contributed by atoms with Crippen LogP contribution in [0.25, 0.3) is 0 Å². The molecule has 0 fully saturated rings. The van der Waals surface area contributed by atoms with Crippen LogP contribution in [0.1, 0.15) is 17.8 Å². The van der Waals surface area contributed by atoms with E-state index in [0.717, 1.165) is 36.3 Å². The minimum Gasteiger partial charge on any atom is -0.369 e. The van der Waals surface area contributed by atoms with E-state index in [1.807, 2.05) is 30.3 Å². The van der Waals surface area contributed by atoms with Crippen molar-refractivity contribution in [2.24, 2.45) is 0 Å². The van der Waals surface area contributed by atoms with Crippen LogP contribution in [-0.2, 0) is 24.2 Å². The highest BCUT2D eigenvalue weighted by atomic mass is 16.2. The molecule has 24 heavy (non-hydrogen) atoms. The molecule has 0 aliphatic heterocycles. The highest BCUT2D eigenvalue weighted by Crippen LogP contribution is 2.07. The Balaban J connectivity index is 1.45. The maximum Gasteiger partial charge on any atom is 0.246 e. The number of aryl methyl sites for hydroxylation is 2. The number of rotatable bonds is 7. The summed E-state index contributed by atoms with van der Waals surface area (Å²) >= 11 is 0. The number of aromatic nitrogens is 5. The second-order valence-electron chi connectivity index (χ2n) is 5.47. The van der Waals surface area contributed by atoms with Gasteiger partial charge in [0.25, 0.3) is 0 Å². The quantitative estimate of drug-likeness (QED) is 0.607. The maximum absolute atomic E-state index is 12.0. The fraction of sp³-hybridized carbons (Fsp3) is 0.250. The van der Waals surface area contributed by atoms with Crippen molar-refractivity contribution in [1.82, 2.24) is 25.0 Å². The standard InChI is InChI=1S/C16H19N7O/c17-16-18-9-13(20-16)7-4-8-14-10-23(22-21-14)11-15(24)19-12-5-2-1-3-6-12/h1-3,5-6,9-10H,4,7-8,11H2,(H,19,24)(H3,17,18,20). The number of hydrogen-bond acceptors (Lipinski definition) is 5. The molecule has 2 heterocycles. The summed E-state index contributed by atoms with van der Waals surface area (Å²) in [6.45, 7) is 0.138. The molecule has 124 valence electrons. The highest BCUT2D eigenvalue weighted by molar-refractivity contribution is 5.90. The van der Waals surface area contributed by atoms with Gasteiger partial charge >= 0.3 is 0 Å². The van der Waals surface area contributed by atoms with Crippen LogP contribution in [-0.4, -0.2) is 30.9 Å². The van der Waals surface area contributed by atoms with Gasteiger partial charge in [-0.2, -0.15) is 0 Å². The molecular formula is C16H19N7O. The molecule has 0 radical (unpaired) electrons. The van der Waals surface area contributed by atoms with Crippen molar-refractivity contribution in [3.63, 3.8) is 0 Å². The number of benzene rings is 1. The molecule has 0 spiro atoms. The molecular weight excluding hydrogens is 306 g/mol. The fourth-order valence-corrected chi connectivity index (χ4v) is 2.36. The van der Waals surface area contributed by atoms with Crippen molar-refractivity contribution in [1.29, 1.82) is 0 Å². The van der Waals surface area contributed by atoms with Gasteiger partial charge in [-0.05, 0) is 31.4 Å². The summed E-state index contributed by atoms with van der Waals surface area (Å²) in [5, 5.41) is 10.9. The first kappa shape index (κ1) is 15.7. The van der Waals surface area contributed by atoms with Crippen molar-refractivity contribution in [3.8, 4) is 0 Å². The van der Waals surface area contributed by atoms with Gasteiger partial charge < -0.3 is 16.0 Å². The van der Waals surface area contributed by atoms with Crippen LogP contribution in [0, 0.1) is 0 Å². The van der Waals surface area contributed by atoms with Crippen molar-refractivity contribution < 1.29 is 4.79 Å². The van der Waals surface area contributed by atoms with Crippen LogP contribution < -0.4 is 11.1 Å². The normalized spacial score (nSPS) is 10.7. The average molecular weight is 325 g/mol. The first-order valence-corrected chi connectivity index (χ1v) is 7.72. The lowest BCUT2D eigenvalue weighted by atomic mass is 10.2. The second-order valence-corrected chi connectivity index (χ2v) is 5.47. The largest absolute Gasteiger partial charge is 0.369 e. The first-order chi connectivity index (χ1) is 11.7. The Morgan fingerprint density at radius 1 is 1.25 bits per heavy atom. The first-order valence-electron chi connectivity index (χ1n) is 7.72. The van der Waals surface area contributed by atoms with Crippen LogP contribution in [0.2, 0.25) is 0 Å². The highest BCUT2D eigenvalue weighted by Gasteiger charge is 2.07. The molecule has 0 unspecified atom stereocenters. The molecule has 1 aromatic carbocycles. The minimum atomic E-state index is -0.134. The third-order valence-corrected chi connectivity index (χ3v) is 3.48. The number of carbonyl (C=O) groups is 1. The van der Waals surface area contributed by atoms with Crippen molar-refractivity contribution in [2.45, 2.75) is 25.8 Å². The SMILES string of the molecule is Nc1ncc(CCCc2cn(CC(=O)Nc3ccccc3)nn2)[nH]1. The molecule has 0 bridgehead atoms. The Morgan fingerprint density at radius 2 is 2.08 bits per heavy atom. The number of para-hydroxylation sites is 1. The lowest BCUT2D eigenvalue weighted by Gasteiger charge is -2.04. The molecule has 2 aromatic heterocycles. The zero-order valence-corrected chi connectivity index (χ0v) is 13.1. The maximum atomic E-state index is 12.0. The van der Waals surface area contributed by atoms with Crippen molar-refractivity contribution in [2.75, 3.05) is 11.1 Å². The van der Waals surface area contributed by atoms with Gasteiger partial charge in [0, 0.05) is 17.6 Å². The predicted octanol–water partition coefficient (Wildman–Crippen LogP) is 1.40. The molecule has 0 saturated heterocycles. The van der Waals surface area contributed by atoms with Crippen LogP contribution in [0.5, 0.6) is 0 Å². The predicted molar refractivity (Wildman–Crippen MR) is 90.1 cm³/mol. The van der Waals surface area contributed by atoms with Crippen LogP contribution in [0.4, 0.5) is 11.6 Å². The van der Waals surface area contributed by atoms with E-state index < -0.39 is 0 Å². The van der Waals surface area contributed by atoms with E-state index in [2.05, 4.69) is 25.6 Å². The van der Waals surface area contributed by atoms with Gasteiger partial charge in [0.15, 0.2) is 5.95 Å². The van der Waals surface area contributed by atoms with E-state index in [1.54, 1.807) is 17.1 Å². The summed E-state index contributed by atoms with van der Waals surface area (Å²) in [6.07, 6.45) is 6.05. The van der Waals surface area contributed by atoms with E-state index in [9.17, 15) is 4.79 Å². The van der Waals surface area contributed by atoms with Gasteiger partial charge in [0.2, 0.25) is 5.91 Å². The number of nitrogens with zero attached hydrogens (tertiary/aromatic N) is 4. The molecule has 0 aliphatic carbocycles. The number of amides is 1. The number of H-pyrrole nitrogens is 1. The molecule has 8 nitrogen and oxygen atoms in total. The second kappa shape index (κ2) is 7.40. The number of nitrogens with one attached hydrogen (secondary N) is 2. The summed E-state index contributed by atoms with van der Waals surface area (Å²) in [7, 11) is 0. The lowest BCUT2D eigenvalue weighted by molar-refractivity contribution is -0.116. The Bertz CT molecular complexity index is 794. The smallest absolute Gasteiger partial charge is 0.246 e. The number of nitrogen functional groups attached to an aromatic ring is 1. The number of carbonyl (C=O) groups excluding carboxylic acids is 1. The van der Waals surface area contributed by atoms with Gasteiger partial charge in [-0.3, -0.25) is 4.79 Å². The average Bonchev–Trinajstić information content (AvgIpc) is 3.17. The van der Waals surface area contributed by atoms with Crippen LogP contribution in [0.15, 0.2) is 42.7 Å². The van der Waals surface area contributed by atoms with E-state index in [-0.39, 0.29) is 12.5 Å². The summed E-state index contributed by atoms with van der Waals surface area (Å²) in [6, 6.07) is 9.32.